The Balaban J connectivity index is 2.00. The second-order valence-electron chi connectivity index (χ2n) is 4.39. The fraction of sp³-hybridized carbons (Fsp3) is 0.308. The summed E-state index contributed by atoms with van der Waals surface area (Å²) >= 11 is 0. The number of nitrogens with zero attached hydrogens (tertiary/aromatic N) is 3. The lowest BCUT2D eigenvalue weighted by atomic mass is 10.1. The zero-order chi connectivity index (χ0) is 13.7. The minimum Gasteiger partial charge on any atom is -0.396 e. The van der Waals surface area contributed by atoms with Crippen LogP contribution in [0.4, 0.5) is 0 Å². The lowest BCUT2D eigenvalue weighted by molar-refractivity contribution is 0.0942. The van der Waals surface area contributed by atoms with Crippen LogP contribution < -0.4 is 5.32 Å². The van der Waals surface area contributed by atoms with Crippen LogP contribution in [0.5, 0.6) is 0 Å². The number of amides is 1. The smallest absolute Gasteiger partial charge is 0.251 e. The molecule has 0 bridgehead atoms. The Morgan fingerprint density at radius 2 is 2.16 bits per heavy atom. The van der Waals surface area contributed by atoms with E-state index in [1.165, 1.54) is 0 Å². The van der Waals surface area contributed by atoms with Crippen LogP contribution in [0.25, 0.3) is 5.69 Å². The average molecular weight is 260 g/mol. The Hall–Kier alpha value is -2.21. The molecule has 6 heteroatoms. The SMILES string of the molecule is CC(CO)CNC(=O)c1ccc(-n2ccnn2)cc1. The van der Waals surface area contributed by atoms with Crippen LogP contribution >= 0.6 is 0 Å². The molecule has 1 unspecified atom stereocenters. The van der Waals surface area contributed by atoms with Crippen molar-refractivity contribution in [3.05, 3.63) is 42.2 Å². The van der Waals surface area contributed by atoms with E-state index in [0.717, 1.165) is 5.69 Å². The summed E-state index contributed by atoms with van der Waals surface area (Å²) in [6.07, 6.45) is 3.33. The molecule has 100 valence electrons. The van der Waals surface area contributed by atoms with Crippen molar-refractivity contribution in [2.24, 2.45) is 5.92 Å². The van der Waals surface area contributed by atoms with Crippen LogP contribution in [-0.2, 0) is 0 Å². The molecule has 0 saturated heterocycles. The van der Waals surface area contributed by atoms with Gasteiger partial charge in [0.2, 0.25) is 0 Å². The van der Waals surface area contributed by atoms with Crippen molar-refractivity contribution in [1.29, 1.82) is 0 Å². The van der Waals surface area contributed by atoms with Crippen LogP contribution in [0.3, 0.4) is 0 Å². The van der Waals surface area contributed by atoms with Crippen molar-refractivity contribution in [2.45, 2.75) is 6.92 Å². The Kier molecular flexibility index (Phi) is 4.25. The van der Waals surface area contributed by atoms with Gasteiger partial charge in [-0.3, -0.25) is 4.79 Å². The summed E-state index contributed by atoms with van der Waals surface area (Å²) in [4.78, 5) is 11.8. The number of rotatable bonds is 5. The molecule has 2 N–H and O–H groups in total. The molecule has 6 nitrogen and oxygen atoms in total. The van der Waals surface area contributed by atoms with Gasteiger partial charge in [0, 0.05) is 18.7 Å². The first-order valence-electron chi connectivity index (χ1n) is 6.06. The summed E-state index contributed by atoms with van der Waals surface area (Å²) < 4.78 is 1.62. The molecular weight excluding hydrogens is 244 g/mol. The molecule has 19 heavy (non-hydrogen) atoms. The largest absolute Gasteiger partial charge is 0.396 e. The van der Waals surface area contributed by atoms with E-state index in [1.54, 1.807) is 41.3 Å². The Morgan fingerprint density at radius 3 is 2.74 bits per heavy atom. The summed E-state index contributed by atoms with van der Waals surface area (Å²) in [7, 11) is 0. The molecular formula is C13H16N4O2. The van der Waals surface area contributed by atoms with E-state index in [2.05, 4.69) is 15.6 Å². The molecule has 0 fully saturated rings. The number of benzene rings is 1. The predicted molar refractivity (Wildman–Crippen MR) is 69.9 cm³/mol. The number of aliphatic hydroxyl groups is 1. The first-order chi connectivity index (χ1) is 9.20. The minimum absolute atomic E-state index is 0.0540. The van der Waals surface area contributed by atoms with Crippen molar-refractivity contribution in [3.63, 3.8) is 0 Å². The van der Waals surface area contributed by atoms with E-state index in [4.69, 9.17) is 5.11 Å². The molecule has 0 aliphatic rings. The maximum atomic E-state index is 11.8. The lowest BCUT2D eigenvalue weighted by Gasteiger charge is -2.09. The molecule has 1 aromatic heterocycles. The van der Waals surface area contributed by atoms with E-state index in [1.807, 2.05) is 6.92 Å². The van der Waals surface area contributed by atoms with Crippen molar-refractivity contribution in [1.82, 2.24) is 20.3 Å². The van der Waals surface area contributed by atoms with Gasteiger partial charge in [-0.25, -0.2) is 4.68 Å². The van der Waals surface area contributed by atoms with Crippen LogP contribution in [0.15, 0.2) is 36.7 Å². The van der Waals surface area contributed by atoms with E-state index in [-0.39, 0.29) is 18.4 Å². The molecule has 1 amide bonds. The quantitative estimate of drug-likeness (QED) is 0.826. The van der Waals surface area contributed by atoms with Gasteiger partial charge in [0.15, 0.2) is 0 Å². The van der Waals surface area contributed by atoms with E-state index in [9.17, 15) is 4.79 Å². The molecule has 0 aliphatic heterocycles. The fourth-order valence-electron chi connectivity index (χ4n) is 1.55. The first kappa shape index (κ1) is 13.2. The Labute approximate surface area is 111 Å². The average Bonchev–Trinajstić information content (AvgIpc) is 2.98. The van der Waals surface area contributed by atoms with Gasteiger partial charge in [0.1, 0.15) is 0 Å². The molecule has 0 spiro atoms. The molecule has 0 aliphatic carbocycles. The number of nitrogens with one attached hydrogen (secondary N) is 1. The van der Waals surface area contributed by atoms with Crippen molar-refractivity contribution < 1.29 is 9.90 Å². The standard InChI is InChI=1S/C13H16N4O2/c1-10(9-18)8-14-13(19)11-2-4-12(5-3-11)17-7-6-15-16-17/h2-7,10,18H,8-9H2,1H3,(H,14,19). The van der Waals surface area contributed by atoms with Gasteiger partial charge in [0.05, 0.1) is 18.1 Å². The molecule has 0 saturated carbocycles. The van der Waals surface area contributed by atoms with Crippen LogP contribution in [0.1, 0.15) is 17.3 Å². The van der Waals surface area contributed by atoms with Gasteiger partial charge in [-0.05, 0) is 30.2 Å². The molecule has 1 atom stereocenters. The second-order valence-corrected chi connectivity index (χ2v) is 4.39. The molecule has 2 aromatic rings. The first-order valence-corrected chi connectivity index (χ1v) is 6.06. The van der Waals surface area contributed by atoms with Crippen molar-refractivity contribution in [3.8, 4) is 5.69 Å². The third-order valence-corrected chi connectivity index (χ3v) is 2.74. The molecule has 1 aromatic carbocycles. The van der Waals surface area contributed by atoms with Crippen LogP contribution in [0, 0.1) is 5.92 Å². The molecule has 2 rings (SSSR count). The lowest BCUT2D eigenvalue weighted by Crippen LogP contribution is -2.29. The Bertz CT molecular complexity index is 522. The van der Waals surface area contributed by atoms with Crippen molar-refractivity contribution >= 4 is 5.91 Å². The second kappa shape index (κ2) is 6.10. The number of hydrogen-bond donors (Lipinski definition) is 2. The summed E-state index contributed by atoms with van der Waals surface area (Å²) in [5, 5.41) is 19.3. The zero-order valence-corrected chi connectivity index (χ0v) is 10.7. The van der Waals surface area contributed by atoms with Gasteiger partial charge < -0.3 is 10.4 Å². The van der Waals surface area contributed by atoms with Gasteiger partial charge in [-0.2, -0.15) is 0 Å². The van der Waals surface area contributed by atoms with Gasteiger partial charge in [0.25, 0.3) is 5.91 Å². The third-order valence-electron chi connectivity index (χ3n) is 2.74. The maximum absolute atomic E-state index is 11.8. The number of aromatic nitrogens is 3. The third kappa shape index (κ3) is 3.38. The highest BCUT2D eigenvalue weighted by Gasteiger charge is 2.07. The van der Waals surface area contributed by atoms with E-state index >= 15 is 0 Å². The minimum atomic E-state index is -0.148. The summed E-state index contributed by atoms with van der Waals surface area (Å²) in [5.74, 6) is -0.0937. The van der Waals surface area contributed by atoms with Crippen molar-refractivity contribution in [2.75, 3.05) is 13.2 Å². The predicted octanol–water partition coefficient (Wildman–Crippen LogP) is 0.625. The highest BCUT2D eigenvalue weighted by molar-refractivity contribution is 5.94. The van der Waals surface area contributed by atoms with Gasteiger partial charge in [-0.15, -0.1) is 5.10 Å². The topological polar surface area (TPSA) is 80.0 Å². The number of aliphatic hydroxyl groups excluding tert-OH is 1. The van der Waals surface area contributed by atoms with E-state index < -0.39 is 0 Å². The summed E-state index contributed by atoms with van der Waals surface area (Å²) in [6, 6.07) is 7.07. The number of hydrogen-bond acceptors (Lipinski definition) is 4. The maximum Gasteiger partial charge on any atom is 0.251 e. The number of carbonyl (C=O) groups excluding carboxylic acids is 1. The number of carbonyl (C=O) groups is 1. The monoisotopic (exact) mass is 260 g/mol. The normalized spacial score (nSPS) is 12.1. The highest BCUT2D eigenvalue weighted by Crippen LogP contribution is 2.08. The van der Waals surface area contributed by atoms with Gasteiger partial charge >= 0.3 is 0 Å². The van der Waals surface area contributed by atoms with Crippen LogP contribution in [-0.4, -0.2) is 39.2 Å². The fourth-order valence-corrected chi connectivity index (χ4v) is 1.55. The zero-order valence-electron chi connectivity index (χ0n) is 10.7. The molecule has 0 radical (unpaired) electrons. The highest BCUT2D eigenvalue weighted by atomic mass is 16.3. The summed E-state index contributed by atoms with van der Waals surface area (Å²) in [5.41, 5.74) is 1.42. The van der Waals surface area contributed by atoms with Crippen LogP contribution in [0.2, 0.25) is 0 Å². The summed E-state index contributed by atoms with van der Waals surface area (Å²) in [6.45, 7) is 2.39. The van der Waals surface area contributed by atoms with Gasteiger partial charge in [-0.1, -0.05) is 12.1 Å². The molecule has 1 heterocycles. The Morgan fingerprint density at radius 1 is 1.42 bits per heavy atom. The van der Waals surface area contributed by atoms with E-state index in [0.29, 0.717) is 12.1 Å².